The van der Waals surface area contributed by atoms with Gasteiger partial charge in [-0.2, -0.15) is 5.26 Å². The molecule has 2 amide bonds. The Balaban J connectivity index is 2.05. The molecule has 1 aromatic carbocycles. The highest BCUT2D eigenvalue weighted by Crippen LogP contribution is 2.14. The van der Waals surface area contributed by atoms with E-state index in [1.54, 1.807) is 24.3 Å². The molecule has 104 valence electrons. The molecule has 0 atom stereocenters. The minimum absolute atomic E-state index is 0.115. The number of amides is 2. The minimum atomic E-state index is -1.14. The SMILES string of the molecule is N#Cc1ccccc1NC(=O)Nc1ccc(C(=O)O)nc1. The monoisotopic (exact) mass is 282 g/mol. The van der Waals surface area contributed by atoms with Gasteiger partial charge in [0.2, 0.25) is 0 Å². The van der Waals surface area contributed by atoms with E-state index in [2.05, 4.69) is 15.6 Å². The summed E-state index contributed by atoms with van der Waals surface area (Å²) >= 11 is 0. The van der Waals surface area contributed by atoms with Crippen LogP contribution in [0.25, 0.3) is 0 Å². The van der Waals surface area contributed by atoms with Crippen LogP contribution in [0, 0.1) is 11.3 Å². The quantitative estimate of drug-likeness (QED) is 0.798. The summed E-state index contributed by atoms with van der Waals surface area (Å²) in [6, 6.07) is 10.7. The molecule has 0 aliphatic rings. The molecular formula is C14H10N4O3. The molecule has 0 saturated carbocycles. The van der Waals surface area contributed by atoms with E-state index in [9.17, 15) is 9.59 Å². The number of urea groups is 1. The third-order valence-corrected chi connectivity index (χ3v) is 2.54. The molecule has 3 N–H and O–H groups in total. The van der Waals surface area contributed by atoms with Gasteiger partial charge in [-0.25, -0.2) is 14.6 Å². The van der Waals surface area contributed by atoms with Gasteiger partial charge in [0.15, 0.2) is 0 Å². The van der Waals surface area contributed by atoms with Crippen LogP contribution in [0.5, 0.6) is 0 Å². The van der Waals surface area contributed by atoms with Crippen LogP contribution in [0.3, 0.4) is 0 Å². The highest BCUT2D eigenvalue weighted by atomic mass is 16.4. The lowest BCUT2D eigenvalue weighted by Crippen LogP contribution is -2.20. The number of nitrogens with zero attached hydrogens (tertiary/aromatic N) is 2. The van der Waals surface area contributed by atoms with Gasteiger partial charge in [0.05, 0.1) is 23.1 Å². The van der Waals surface area contributed by atoms with Crippen LogP contribution in [0.15, 0.2) is 42.6 Å². The number of nitriles is 1. The zero-order valence-electron chi connectivity index (χ0n) is 10.7. The number of carbonyl (C=O) groups is 2. The molecule has 2 rings (SSSR count). The molecule has 1 heterocycles. The number of aromatic carboxylic acids is 1. The van der Waals surface area contributed by atoms with E-state index in [0.717, 1.165) is 0 Å². The van der Waals surface area contributed by atoms with Crippen molar-refractivity contribution in [3.8, 4) is 6.07 Å². The Morgan fingerprint density at radius 1 is 1.14 bits per heavy atom. The van der Waals surface area contributed by atoms with Crippen molar-refractivity contribution in [3.05, 3.63) is 53.9 Å². The predicted molar refractivity (Wildman–Crippen MR) is 75.0 cm³/mol. The normalized spacial score (nSPS) is 9.48. The van der Waals surface area contributed by atoms with Crippen LogP contribution in [-0.4, -0.2) is 22.1 Å². The number of para-hydroxylation sites is 1. The van der Waals surface area contributed by atoms with Gasteiger partial charge in [-0.1, -0.05) is 12.1 Å². The van der Waals surface area contributed by atoms with Crippen molar-refractivity contribution < 1.29 is 14.7 Å². The number of carboxylic acids is 1. The number of nitrogens with one attached hydrogen (secondary N) is 2. The second kappa shape index (κ2) is 6.16. The molecule has 7 heteroatoms. The van der Waals surface area contributed by atoms with Crippen molar-refractivity contribution in [2.24, 2.45) is 0 Å². The zero-order chi connectivity index (χ0) is 15.2. The first-order valence-electron chi connectivity index (χ1n) is 5.86. The number of hydrogen-bond donors (Lipinski definition) is 3. The smallest absolute Gasteiger partial charge is 0.354 e. The van der Waals surface area contributed by atoms with Crippen molar-refractivity contribution in [3.63, 3.8) is 0 Å². The summed E-state index contributed by atoms with van der Waals surface area (Å²) in [5.41, 5.74) is 0.947. The highest BCUT2D eigenvalue weighted by Gasteiger charge is 2.08. The van der Waals surface area contributed by atoms with Gasteiger partial charge in [0.1, 0.15) is 11.8 Å². The average molecular weight is 282 g/mol. The van der Waals surface area contributed by atoms with E-state index in [1.165, 1.54) is 18.3 Å². The molecule has 0 spiro atoms. The maximum Gasteiger partial charge on any atom is 0.354 e. The standard InChI is InChI=1S/C14H10N4O3/c15-7-9-3-1-2-4-11(9)18-14(21)17-10-5-6-12(13(19)20)16-8-10/h1-6,8H,(H,19,20)(H2,17,18,21). The second-order valence-corrected chi connectivity index (χ2v) is 3.97. The van der Waals surface area contributed by atoms with E-state index in [4.69, 9.17) is 10.4 Å². The van der Waals surface area contributed by atoms with E-state index in [-0.39, 0.29) is 5.69 Å². The molecule has 0 radical (unpaired) electrons. The summed E-state index contributed by atoms with van der Waals surface area (Å²) in [7, 11) is 0. The summed E-state index contributed by atoms with van der Waals surface area (Å²) in [6.07, 6.45) is 1.24. The molecule has 0 unspecified atom stereocenters. The summed E-state index contributed by atoms with van der Waals surface area (Å²) in [4.78, 5) is 26.1. The Morgan fingerprint density at radius 2 is 1.90 bits per heavy atom. The fourth-order valence-corrected chi connectivity index (χ4v) is 1.57. The minimum Gasteiger partial charge on any atom is -0.477 e. The number of hydrogen-bond acceptors (Lipinski definition) is 4. The number of benzene rings is 1. The number of carbonyl (C=O) groups excluding carboxylic acids is 1. The molecule has 0 aliphatic carbocycles. The third-order valence-electron chi connectivity index (χ3n) is 2.54. The van der Waals surface area contributed by atoms with Crippen molar-refractivity contribution in [2.75, 3.05) is 10.6 Å². The summed E-state index contributed by atoms with van der Waals surface area (Å²) in [5, 5.41) is 22.7. The number of aromatic nitrogens is 1. The maximum atomic E-state index is 11.8. The molecule has 0 bridgehead atoms. The van der Waals surface area contributed by atoms with Crippen LogP contribution in [0.4, 0.5) is 16.2 Å². The number of rotatable bonds is 3. The van der Waals surface area contributed by atoms with E-state index in [0.29, 0.717) is 16.9 Å². The summed E-state index contributed by atoms with van der Waals surface area (Å²) < 4.78 is 0. The van der Waals surface area contributed by atoms with Crippen molar-refractivity contribution in [2.45, 2.75) is 0 Å². The van der Waals surface area contributed by atoms with Crippen molar-refractivity contribution in [1.29, 1.82) is 5.26 Å². The van der Waals surface area contributed by atoms with Gasteiger partial charge in [-0.15, -0.1) is 0 Å². The Bertz CT molecular complexity index is 720. The van der Waals surface area contributed by atoms with Gasteiger partial charge in [-0.05, 0) is 24.3 Å². The first kappa shape index (κ1) is 14.0. The maximum absolute atomic E-state index is 11.8. The highest BCUT2D eigenvalue weighted by molar-refractivity contribution is 6.00. The molecule has 0 fully saturated rings. The van der Waals surface area contributed by atoms with E-state index < -0.39 is 12.0 Å². The van der Waals surface area contributed by atoms with E-state index in [1.807, 2.05) is 6.07 Å². The van der Waals surface area contributed by atoms with Gasteiger partial charge in [0.25, 0.3) is 0 Å². The molecule has 0 saturated heterocycles. The first-order chi connectivity index (χ1) is 10.1. The molecule has 2 aromatic rings. The lowest BCUT2D eigenvalue weighted by atomic mass is 10.2. The number of anilines is 2. The fraction of sp³-hybridized carbons (Fsp3) is 0. The molecule has 7 nitrogen and oxygen atoms in total. The van der Waals surface area contributed by atoms with Crippen molar-refractivity contribution >= 4 is 23.4 Å². The van der Waals surface area contributed by atoms with Gasteiger partial charge < -0.3 is 15.7 Å². The largest absolute Gasteiger partial charge is 0.477 e. The van der Waals surface area contributed by atoms with E-state index >= 15 is 0 Å². The Kier molecular flexibility index (Phi) is 4.11. The first-order valence-corrected chi connectivity index (χ1v) is 5.86. The Morgan fingerprint density at radius 3 is 2.52 bits per heavy atom. The molecule has 1 aromatic heterocycles. The number of pyridine rings is 1. The lowest BCUT2D eigenvalue weighted by molar-refractivity contribution is 0.0690. The summed E-state index contributed by atoms with van der Waals surface area (Å²) in [6.45, 7) is 0. The van der Waals surface area contributed by atoms with Crippen LogP contribution in [-0.2, 0) is 0 Å². The van der Waals surface area contributed by atoms with Gasteiger partial charge >= 0.3 is 12.0 Å². The van der Waals surface area contributed by atoms with Crippen LogP contribution < -0.4 is 10.6 Å². The predicted octanol–water partition coefficient (Wildman–Crippen LogP) is 2.30. The van der Waals surface area contributed by atoms with Gasteiger partial charge in [0, 0.05) is 0 Å². The number of carboxylic acid groups (broad SMARTS) is 1. The lowest BCUT2D eigenvalue weighted by Gasteiger charge is -2.08. The van der Waals surface area contributed by atoms with Crippen molar-refractivity contribution in [1.82, 2.24) is 4.98 Å². The second-order valence-electron chi connectivity index (χ2n) is 3.97. The fourth-order valence-electron chi connectivity index (χ4n) is 1.57. The van der Waals surface area contributed by atoms with Crippen LogP contribution in [0.1, 0.15) is 16.1 Å². The topological polar surface area (TPSA) is 115 Å². The molecule has 21 heavy (non-hydrogen) atoms. The Hall–Kier alpha value is -3.40. The summed E-state index contributed by atoms with van der Waals surface area (Å²) in [5.74, 6) is -1.14. The van der Waals surface area contributed by atoms with Crippen LogP contribution in [0.2, 0.25) is 0 Å². The molecule has 0 aliphatic heterocycles. The van der Waals surface area contributed by atoms with Gasteiger partial charge in [-0.3, -0.25) is 0 Å². The third kappa shape index (κ3) is 3.54. The average Bonchev–Trinajstić information content (AvgIpc) is 2.48. The zero-order valence-corrected chi connectivity index (χ0v) is 10.7. The molecular weight excluding hydrogens is 272 g/mol. The van der Waals surface area contributed by atoms with Crippen LogP contribution >= 0.6 is 0 Å². The Labute approximate surface area is 119 Å².